The molecule has 0 spiro atoms. The van der Waals surface area contributed by atoms with Gasteiger partial charge in [-0.2, -0.15) is 0 Å². The van der Waals surface area contributed by atoms with Crippen LogP contribution in [0, 0.1) is 0 Å². The summed E-state index contributed by atoms with van der Waals surface area (Å²) in [5, 5.41) is 13.2. The molecule has 2 fully saturated rings. The fraction of sp³-hybridized carbons (Fsp3) is 0.632. The highest BCUT2D eigenvalue weighted by atomic mass is 32.1. The minimum atomic E-state index is -0.0976. The van der Waals surface area contributed by atoms with Gasteiger partial charge in [0.2, 0.25) is 5.13 Å². The average molecular weight is 375 g/mol. The molecule has 4 rings (SSSR count). The highest BCUT2D eigenvalue weighted by molar-refractivity contribution is 7.15. The number of anilines is 1. The van der Waals surface area contributed by atoms with Gasteiger partial charge in [-0.3, -0.25) is 5.32 Å². The third-order valence-corrected chi connectivity index (χ3v) is 6.54. The summed E-state index contributed by atoms with van der Waals surface area (Å²) in [6.45, 7) is 0.498. The molecule has 2 aliphatic carbocycles. The molecule has 2 heterocycles. The van der Waals surface area contributed by atoms with Crippen molar-refractivity contribution in [1.29, 1.82) is 0 Å². The van der Waals surface area contributed by atoms with Crippen LogP contribution in [0.2, 0.25) is 0 Å². The summed E-state index contributed by atoms with van der Waals surface area (Å²) < 4.78 is 5.46. The first kappa shape index (κ1) is 17.5. The van der Waals surface area contributed by atoms with Gasteiger partial charge in [0.05, 0.1) is 12.8 Å². The Kier molecular flexibility index (Phi) is 5.53. The summed E-state index contributed by atoms with van der Waals surface area (Å²) in [6.07, 6.45) is 12.4. The summed E-state index contributed by atoms with van der Waals surface area (Å²) in [5.74, 6) is 1.33. The predicted octanol–water partition coefficient (Wildman–Crippen LogP) is 5.16. The molecule has 0 aromatic carbocycles. The van der Waals surface area contributed by atoms with Gasteiger partial charge in [-0.15, -0.1) is 10.2 Å². The quantitative estimate of drug-likeness (QED) is 0.785. The average Bonchev–Trinajstić information content (AvgIpc) is 3.42. The van der Waals surface area contributed by atoms with E-state index in [2.05, 4.69) is 15.5 Å². The number of carbonyl (C=O) groups is 1. The zero-order chi connectivity index (χ0) is 17.8. The number of furan rings is 1. The van der Waals surface area contributed by atoms with Crippen LogP contribution in [0.4, 0.5) is 9.93 Å². The molecule has 2 aliphatic rings. The Morgan fingerprint density at radius 2 is 1.92 bits per heavy atom. The maximum Gasteiger partial charge on any atom is 0.324 e. The lowest BCUT2D eigenvalue weighted by molar-refractivity contribution is 0.178. The second kappa shape index (κ2) is 8.20. The number of urea groups is 1. The first-order chi connectivity index (χ1) is 12.8. The van der Waals surface area contributed by atoms with Crippen molar-refractivity contribution in [2.45, 2.75) is 76.3 Å². The molecule has 7 heteroatoms. The van der Waals surface area contributed by atoms with Crippen LogP contribution in [0.1, 0.15) is 74.5 Å². The van der Waals surface area contributed by atoms with Crippen LogP contribution in [0.25, 0.3) is 0 Å². The number of hydrogen-bond donors (Lipinski definition) is 1. The molecule has 0 radical (unpaired) electrons. The van der Waals surface area contributed by atoms with Crippen molar-refractivity contribution in [3.63, 3.8) is 0 Å². The van der Waals surface area contributed by atoms with Crippen LogP contribution in [0.3, 0.4) is 0 Å². The van der Waals surface area contributed by atoms with Gasteiger partial charge in [-0.25, -0.2) is 4.79 Å². The fourth-order valence-electron chi connectivity index (χ4n) is 4.12. The standard InChI is InChI=1S/C19H26N4O2S/c24-19(20-18-22-21-17(26-18)14-7-2-1-3-8-14)23(15-9-4-5-10-15)13-16-11-6-12-25-16/h6,11-12,14-15H,1-5,7-10,13H2,(H,20,22,24). The molecular formula is C19H26N4O2S. The summed E-state index contributed by atoms with van der Waals surface area (Å²) in [6, 6.07) is 3.95. The molecule has 140 valence electrons. The van der Waals surface area contributed by atoms with Crippen LogP contribution >= 0.6 is 11.3 Å². The van der Waals surface area contributed by atoms with E-state index in [4.69, 9.17) is 4.42 Å². The first-order valence-corrected chi connectivity index (χ1v) is 10.5. The minimum Gasteiger partial charge on any atom is -0.467 e. The number of hydrogen-bond acceptors (Lipinski definition) is 5. The van der Waals surface area contributed by atoms with E-state index in [-0.39, 0.29) is 12.1 Å². The largest absolute Gasteiger partial charge is 0.467 e. The third kappa shape index (κ3) is 4.09. The van der Waals surface area contributed by atoms with Crippen LogP contribution < -0.4 is 5.32 Å². The van der Waals surface area contributed by atoms with E-state index >= 15 is 0 Å². The number of amides is 2. The molecule has 2 amide bonds. The van der Waals surface area contributed by atoms with Crippen molar-refractivity contribution in [2.24, 2.45) is 0 Å². The topological polar surface area (TPSA) is 71.3 Å². The van der Waals surface area contributed by atoms with E-state index in [1.54, 1.807) is 6.26 Å². The van der Waals surface area contributed by atoms with Gasteiger partial charge in [0, 0.05) is 12.0 Å². The molecule has 0 aliphatic heterocycles. The van der Waals surface area contributed by atoms with E-state index in [0.29, 0.717) is 17.6 Å². The monoisotopic (exact) mass is 374 g/mol. The van der Waals surface area contributed by atoms with Crippen LogP contribution in [-0.2, 0) is 6.54 Å². The smallest absolute Gasteiger partial charge is 0.324 e. The maximum absolute atomic E-state index is 12.9. The SMILES string of the molecule is O=C(Nc1nnc(C2CCCCC2)s1)N(Cc1ccco1)C1CCCC1. The van der Waals surface area contributed by atoms with Gasteiger partial charge in [0.15, 0.2) is 0 Å². The Bertz CT molecular complexity index is 703. The van der Waals surface area contributed by atoms with Crippen LogP contribution in [-0.4, -0.2) is 27.2 Å². The number of carbonyl (C=O) groups excluding carboxylic acids is 1. The van der Waals surface area contributed by atoms with E-state index < -0.39 is 0 Å². The summed E-state index contributed by atoms with van der Waals surface area (Å²) >= 11 is 1.53. The lowest BCUT2D eigenvalue weighted by Crippen LogP contribution is -2.41. The highest BCUT2D eigenvalue weighted by Gasteiger charge is 2.28. The normalized spacial score (nSPS) is 18.9. The molecule has 1 N–H and O–H groups in total. The first-order valence-electron chi connectivity index (χ1n) is 9.73. The van der Waals surface area contributed by atoms with Crippen molar-refractivity contribution >= 4 is 22.5 Å². The number of nitrogens with zero attached hydrogens (tertiary/aromatic N) is 3. The lowest BCUT2D eigenvalue weighted by atomic mass is 9.90. The second-order valence-electron chi connectivity index (χ2n) is 7.36. The van der Waals surface area contributed by atoms with Gasteiger partial charge in [0.1, 0.15) is 10.8 Å². The molecule has 2 aromatic heterocycles. The molecule has 2 aromatic rings. The van der Waals surface area contributed by atoms with Gasteiger partial charge in [0.25, 0.3) is 0 Å². The van der Waals surface area contributed by atoms with Crippen molar-refractivity contribution in [3.8, 4) is 0 Å². The van der Waals surface area contributed by atoms with Crippen molar-refractivity contribution in [3.05, 3.63) is 29.2 Å². The Hall–Kier alpha value is -1.89. The van der Waals surface area contributed by atoms with Gasteiger partial charge in [-0.1, -0.05) is 43.4 Å². The summed E-state index contributed by atoms with van der Waals surface area (Å²) in [5.41, 5.74) is 0. The Labute approximate surface area is 158 Å². The van der Waals surface area contributed by atoms with Gasteiger partial charge < -0.3 is 9.32 Å². The molecule has 2 saturated carbocycles. The van der Waals surface area contributed by atoms with Crippen molar-refractivity contribution in [2.75, 3.05) is 5.32 Å². The Morgan fingerprint density at radius 3 is 2.65 bits per heavy atom. The summed E-state index contributed by atoms with van der Waals surface area (Å²) in [7, 11) is 0. The molecule has 6 nitrogen and oxygen atoms in total. The van der Waals surface area contributed by atoms with Crippen LogP contribution in [0.5, 0.6) is 0 Å². The van der Waals surface area contributed by atoms with E-state index in [1.807, 2.05) is 17.0 Å². The third-order valence-electron chi connectivity index (χ3n) is 5.54. The highest BCUT2D eigenvalue weighted by Crippen LogP contribution is 2.35. The molecule has 0 atom stereocenters. The Morgan fingerprint density at radius 1 is 1.15 bits per heavy atom. The fourth-order valence-corrected chi connectivity index (χ4v) is 5.02. The second-order valence-corrected chi connectivity index (χ2v) is 8.37. The summed E-state index contributed by atoms with van der Waals surface area (Å²) in [4.78, 5) is 14.8. The van der Waals surface area contributed by atoms with Gasteiger partial charge >= 0.3 is 6.03 Å². The zero-order valence-corrected chi connectivity index (χ0v) is 15.8. The molecular weight excluding hydrogens is 348 g/mol. The number of nitrogens with one attached hydrogen (secondary N) is 1. The number of rotatable bonds is 5. The molecule has 0 bridgehead atoms. The maximum atomic E-state index is 12.9. The minimum absolute atomic E-state index is 0.0976. The van der Waals surface area contributed by atoms with Crippen molar-refractivity contribution in [1.82, 2.24) is 15.1 Å². The molecule has 0 saturated heterocycles. The van der Waals surface area contributed by atoms with Crippen LogP contribution in [0.15, 0.2) is 22.8 Å². The molecule has 26 heavy (non-hydrogen) atoms. The van der Waals surface area contributed by atoms with Gasteiger partial charge in [-0.05, 0) is 37.8 Å². The van der Waals surface area contributed by atoms with E-state index in [9.17, 15) is 4.79 Å². The Balaban J connectivity index is 1.43. The van der Waals surface area contributed by atoms with E-state index in [1.165, 1.54) is 56.3 Å². The van der Waals surface area contributed by atoms with E-state index in [0.717, 1.165) is 23.6 Å². The predicted molar refractivity (Wildman–Crippen MR) is 101 cm³/mol. The lowest BCUT2D eigenvalue weighted by Gasteiger charge is -2.27. The number of aromatic nitrogens is 2. The van der Waals surface area contributed by atoms with Crippen molar-refractivity contribution < 1.29 is 9.21 Å². The zero-order valence-electron chi connectivity index (χ0n) is 15.0. The molecule has 0 unspecified atom stereocenters.